The third-order valence-electron chi connectivity index (χ3n) is 3.52. The highest BCUT2D eigenvalue weighted by Crippen LogP contribution is 2.20. The highest BCUT2D eigenvalue weighted by molar-refractivity contribution is 7.89. The molecule has 2 heterocycles. The number of hydrogen-bond donors (Lipinski definition) is 1. The van der Waals surface area contributed by atoms with Gasteiger partial charge < -0.3 is 9.64 Å². The number of nitrogens with one attached hydrogen (secondary N) is 1. The lowest BCUT2D eigenvalue weighted by atomic mass is 10.1. The van der Waals surface area contributed by atoms with Crippen molar-refractivity contribution >= 4 is 15.8 Å². The molecule has 1 aliphatic heterocycles. The quantitative estimate of drug-likeness (QED) is 0.850. The summed E-state index contributed by atoms with van der Waals surface area (Å²) in [5.74, 6) is 1.41. The number of rotatable bonds is 6. The summed E-state index contributed by atoms with van der Waals surface area (Å²) in [5, 5.41) is 0. The molecule has 1 aliphatic rings. The van der Waals surface area contributed by atoms with Crippen LogP contribution in [0.25, 0.3) is 0 Å². The molecular weight excluding hydrogens is 316 g/mol. The van der Waals surface area contributed by atoms with Crippen molar-refractivity contribution < 1.29 is 13.2 Å². The molecule has 1 fully saturated rings. The average Bonchev–Trinajstić information content (AvgIpc) is 2.52. The number of benzene rings is 1. The van der Waals surface area contributed by atoms with Gasteiger partial charge in [-0.2, -0.15) is 0 Å². The van der Waals surface area contributed by atoms with Crippen molar-refractivity contribution in [2.75, 3.05) is 24.6 Å². The SMILES string of the molecule is CCOc1ccc(S(=O)(=O)NC2CN(c3cnccn3)C2)cc1. The molecule has 0 spiro atoms. The molecule has 1 aromatic heterocycles. The maximum Gasteiger partial charge on any atom is 0.240 e. The van der Waals surface area contributed by atoms with Crippen LogP contribution in [0.2, 0.25) is 0 Å². The maximum absolute atomic E-state index is 12.3. The predicted octanol–water partition coefficient (Wildman–Crippen LogP) is 1.04. The molecule has 1 saturated heterocycles. The lowest BCUT2D eigenvalue weighted by Gasteiger charge is -2.39. The minimum absolute atomic E-state index is 0.131. The number of sulfonamides is 1. The Morgan fingerprint density at radius 3 is 2.61 bits per heavy atom. The average molecular weight is 334 g/mol. The monoisotopic (exact) mass is 334 g/mol. The Morgan fingerprint density at radius 1 is 1.26 bits per heavy atom. The second-order valence-electron chi connectivity index (χ2n) is 5.19. The van der Waals surface area contributed by atoms with Gasteiger partial charge in [0.2, 0.25) is 10.0 Å². The first-order valence-electron chi connectivity index (χ1n) is 7.34. The zero-order valence-electron chi connectivity index (χ0n) is 12.7. The molecule has 0 atom stereocenters. The van der Waals surface area contributed by atoms with Crippen LogP contribution in [0.3, 0.4) is 0 Å². The lowest BCUT2D eigenvalue weighted by molar-refractivity contribution is 0.340. The number of aromatic nitrogens is 2. The number of nitrogens with zero attached hydrogens (tertiary/aromatic N) is 3. The summed E-state index contributed by atoms with van der Waals surface area (Å²) in [5.41, 5.74) is 0. The van der Waals surface area contributed by atoms with Gasteiger partial charge in [0.15, 0.2) is 0 Å². The fourth-order valence-electron chi connectivity index (χ4n) is 2.36. The molecule has 23 heavy (non-hydrogen) atoms. The van der Waals surface area contributed by atoms with Crippen molar-refractivity contribution in [3.05, 3.63) is 42.9 Å². The van der Waals surface area contributed by atoms with E-state index in [1.165, 1.54) is 0 Å². The van der Waals surface area contributed by atoms with Crippen molar-refractivity contribution in [3.63, 3.8) is 0 Å². The summed E-state index contributed by atoms with van der Waals surface area (Å²) in [4.78, 5) is 10.4. The number of ether oxygens (including phenoxy) is 1. The minimum atomic E-state index is -3.53. The van der Waals surface area contributed by atoms with Crippen molar-refractivity contribution in [1.29, 1.82) is 0 Å². The molecule has 0 unspecified atom stereocenters. The van der Waals surface area contributed by atoms with Gasteiger partial charge in [-0.15, -0.1) is 0 Å². The van der Waals surface area contributed by atoms with Gasteiger partial charge in [0.05, 0.1) is 23.7 Å². The molecule has 1 N–H and O–H groups in total. The Kier molecular flexibility index (Phi) is 4.44. The first kappa shape index (κ1) is 15.7. The number of hydrogen-bond acceptors (Lipinski definition) is 6. The van der Waals surface area contributed by atoms with Gasteiger partial charge >= 0.3 is 0 Å². The Bertz CT molecular complexity index is 744. The minimum Gasteiger partial charge on any atom is -0.494 e. The normalized spacial score (nSPS) is 15.3. The zero-order valence-corrected chi connectivity index (χ0v) is 13.5. The van der Waals surface area contributed by atoms with Crippen LogP contribution in [0, 0.1) is 0 Å². The highest BCUT2D eigenvalue weighted by Gasteiger charge is 2.31. The second-order valence-corrected chi connectivity index (χ2v) is 6.91. The Labute approximate surface area is 135 Å². The van der Waals surface area contributed by atoms with Crippen LogP contribution in [0.1, 0.15) is 6.92 Å². The molecule has 0 aliphatic carbocycles. The van der Waals surface area contributed by atoms with Crippen LogP contribution in [-0.2, 0) is 10.0 Å². The van der Waals surface area contributed by atoms with E-state index in [-0.39, 0.29) is 10.9 Å². The number of anilines is 1. The van der Waals surface area contributed by atoms with E-state index in [0.717, 1.165) is 5.82 Å². The summed E-state index contributed by atoms with van der Waals surface area (Å²) in [7, 11) is -3.53. The standard InChI is InChI=1S/C15H18N4O3S/c1-2-22-13-3-5-14(6-4-13)23(20,21)18-12-10-19(11-12)15-9-16-7-8-17-15/h3-9,12,18H,2,10-11H2,1H3. The van der Waals surface area contributed by atoms with E-state index in [2.05, 4.69) is 14.7 Å². The lowest BCUT2D eigenvalue weighted by Crippen LogP contribution is -2.59. The summed E-state index contributed by atoms with van der Waals surface area (Å²) in [6, 6.07) is 6.28. The summed E-state index contributed by atoms with van der Waals surface area (Å²) in [6.45, 7) is 3.58. The van der Waals surface area contributed by atoms with Crippen molar-refractivity contribution in [2.24, 2.45) is 0 Å². The molecule has 7 nitrogen and oxygen atoms in total. The van der Waals surface area contributed by atoms with Gasteiger partial charge in [-0.3, -0.25) is 4.98 Å². The van der Waals surface area contributed by atoms with Crippen LogP contribution >= 0.6 is 0 Å². The van der Waals surface area contributed by atoms with E-state index in [4.69, 9.17) is 4.74 Å². The molecule has 0 amide bonds. The molecule has 3 rings (SSSR count). The smallest absolute Gasteiger partial charge is 0.240 e. The van der Waals surface area contributed by atoms with Crippen LogP contribution in [0.4, 0.5) is 5.82 Å². The summed E-state index contributed by atoms with van der Waals surface area (Å²) < 4.78 is 32.7. The fourth-order valence-corrected chi connectivity index (χ4v) is 3.58. The van der Waals surface area contributed by atoms with E-state index in [1.807, 2.05) is 11.8 Å². The van der Waals surface area contributed by atoms with Crippen LogP contribution < -0.4 is 14.4 Å². The van der Waals surface area contributed by atoms with Gasteiger partial charge in [-0.25, -0.2) is 18.1 Å². The fraction of sp³-hybridized carbons (Fsp3) is 0.333. The summed E-state index contributed by atoms with van der Waals surface area (Å²) in [6.07, 6.45) is 4.89. The highest BCUT2D eigenvalue weighted by atomic mass is 32.2. The third kappa shape index (κ3) is 3.59. The van der Waals surface area contributed by atoms with Crippen molar-refractivity contribution in [2.45, 2.75) is 17.9 Å². The van der Waals surface area contributed by atoms with Crippen molar-refractivity contribution in [3.8, 4) is 5.75 Å². The first-order valence-corrected chi connectivity index (χ1v) is 8.83. The van der Waals surface area contributed by atoms with Crippen LogP contribution in [0.15, 0.2) is 47.8 Å². The Morgan fingerprint density at radius 2 is 2.00 bits per heavy atom. The van der Waals surface area contributed by atoms with Gasteiger partial charge in [-0.1, -0.05) is 0 Å². The van der Waals surface area contributed by atoms with Crippen molar-refractivity contribution in [1.82, 2.24) is 14.7 Å². The molecule has 0 saturated carbocycles. The first-order chi connectivity index (χ1) is 11.1. The van der Waals surface area contributed by atoms with E-state index >= 15 is 0 Å². The van der Waals surface area contributed by atoms with E-state index in [0.29, 0.717) is 25.4 Å². The molecular formula is C15H18N4O3S. The van der Waals surface area contributed by atoms with E-state index in [1.54, 1.807) is 42.9 Å². The largest absolute Gasteiger partial charge is 0.494 e. The summed E-state index contributed by atoms with van der Waals surface area (Å²) >= 11 is 0. The van der Waals surface area contributed by atoms with Crippen LogP contribution in [-0.4, -0.2) is 44.1 Å². The Hall–Kier alpha value is -2.19. The molecule has 0 radical (unpaired) electrons. The third-order valence-corrected chi connectivity index (χ3v) is 5.06. The topological polar surface area (TPSA) is 84.4 Å². The molecule has 1 aromatic carbocycles. The Balaban J connectivity index is 1.59. The molecule has 2 aromatic rings. The maximum atomic E-state index is 12.3. The van der Waals surface area contributed by atoms with Crippen LogP contribution in [0.5, 0.6) is 5.75 Å². The zero-order chi connectivity index (χ0) is 16.3. The molecule has 0 bridgehead atoms. The van der Waals surface area contributed by atoms with Gasteiger partial charge in [-0.05, 0) is 31.2 Å². The van der Waals surface area contributed by atoms with Gasteiger partial charge in [0, 0.05) is 25.5 Å². The van der Waals surface area contributed by atoms with E-state index in [9.17, 15) is 8.42 Å². The van der Waals surface area contributed by atoms with E-state index < -0.39 is 10.0 Å². The van der Waals surface area contributed by atoms with Gasteiger partial charge in [0.25, 0.3) is 0 Å². The predicted molar refractivity (Wildman–Crippen MR) is 86.0 cm³/mol. The van der Waals surface area contributed by atoms with Gasteiger partial charge in [0.1, 0.15) is 11.6 Å². The molecule has 8 heteroatoms. The second kappa shape index (κ2) is 6.51. The molecule has 122 valence electrons.